The molecular weight excluding hydrogens is 221 g/mol. The van der Waals surface area contributed by atoms with Crippen LogP contribution in [0.1, 0.15) is 17.4 Å². The zero-order chi connectivity index (χ0) is 11.5. The Hall–Kier alpha value is -1.19. The maximum atomic E-state index is 13.1. The highest BCUT2D eigenvalue weighted by Gasteiger charge is 2.07. The van der Waals surface area contributed by atoms with Gasteiger partial charge in [0.05, 0.1) is 0 Å². The third-order valence-corrected chi connectivity index (χ3v) is 3.83. The van der Waals surface area contributed by atoms with E-state index in [4.69, 9.17) is 5.73 Å². The molecule has 2 aromatic rings. The van der Waals surface area contributed by atoms with E-state index in [2.05, 4.69) is 19.1 Å². The molecule has 0 amide bonds. The van der Waals surface area contributed by atoms with Gasteiger partial charge in [0.25, 0.3) is 0 Å². The van der Waals surface area contributed by atoms with Gasteiger partial charge in [-0.2, -0.15) is 0 Å². The quantitative estimate of drug-likeness (QED) is 0.864. The van der Waals surface area contributed by atoms with E-state index in [1.54, 1.807) is 11.3 Å². The molecule has 1 aromatic heterocycles. The smallest absolute Gasteiger partial charge is 0.123 e. The van der Waals surface area contributed by atoms with Crippen molar-refractivity contribution >= 4 is 11.3 Å². The van der Waals surface area contributed by atoms with Gasteiger partial charge in [-0.15, -0.1) is 11.3 Å². The molecule has 0 saturated carbocycles. The molecule has 0 spiro atoms. The van der Waals surface area contributed by atoms with Crippen molar-refractivity contribution in [1.29, 1.82) is 0 Å². The SMILES string of the molecule is CCc1ccc(-c2ccc(F)cc2CN)s1. The molecule has 1 nitrogen and oxygen atoms in total. The second-order valence-corrected chi connectivity index (χ2v) is 4.79. The number of hydrogen-bond donors (Lipinski definition) is 1. The van der Waals surface area contributed by atoms with Gasteiger partial charge in [-0.05, 0) is 41.8 Å². The highest BCUT2D eigenvalue weighted by Crippen LogP contribution is 2.31. The van der Waals surface area contributed by atoms with Crippen LogP contribution < -0.4 is 5.73 Å². The number of benzene rings is 1. The number of nitrogens with two attached hydrogens (primary N) is 1. The maximum Gasteiger partial charge on any atom is 0.123 e. The van der Waals surface area contributed by atoms with Crippen molar-refractivity contribution in [2.45, 2.75) is 19.9 Å². The van der Waals surface area contributed by atoms with Crippen molar-refractivity contribution < 1.29 is 4.39 Å². The number of aryl methyl sites for hydroxylation is 1. The van der Waals surface area contributed by atoms with Gasteiger partial charge in [-0.25, -0.2) is 4.39 Å². The summed E-state index contributed by atoms with van der Waals surface area (Å²) in [6.45, 7) is 2.50. The topological polar surface area (TPSA) is 26.0 Å². The summed E-state index contributed by atoms with van der Waals surface area (Å²) in [5.74, 6) is -0.225. The Balaban J connectivity index is 2.46. The van der Waals surface area contributed by atoms with Crippen LogP contribution in [0.15, 0.2) is 30.3 Å². The fourth-order valence-electron chi connectivity index (χ4n) is 1.68. The standard InChI is InChI=1S/C13H14FNS/c1-2-11-4-6-13(16-11)12-5-3-10(14)7-9(12)8-15/h3-7H,2,8,15H2,1H3. The number of hydrogen-bond acceptors (Lipinski definition) is 2. The molecule has 3 heteroatoms. The molecule has 0 fully saturated rings. The average Bonchev–Trinajstić information content (AvgIpc) is 2.77. The van der Waals surface area contributed by atoms with Gasteiger partial charge in [-0.3, -0.25) is 0 Å². The summed E-state index contributed by atoms with van der Waals surface area (Å²) in [5, 5.41) is 0. The molecule has 84 valence electrons. The molecule has 0 bridgehead atoms. The van der Waals surface area contributed by atoms with Crippen molar-refractivity contribution in [3.63, 3.8) is 0 Å². The van der Waals surface area contributed by atoms with Crippen LogP contribution in [0.4, 0.5) is 4.39 Å². The van der Waals surface area contributed by atoms with Gasteiger partial charge < -0.3 is 5.73 Å². The minimum Gasteiger partial charge on any atom is -0.326 e. The Morgan fingerprint density at radius 3 is 2.69 bits per heavy atom. The molecule has 2 N–H and O–H groups in total. The van der Waals surface area contributed by atoms with E-state index in [9.17, 15) is 4.39 Å². The van der Waals surface area contributed by atoms with Crippen LogP contribution in [0.5, 0.6) is 0 Å². The fraction of sp³-hybridized carbons (Fsp3) is 0.231. The summed E-state index contributed by atoms with van der Waals surface area (Å²) >= 11 is 1.74. The van der Waals surface area contributed by atoms with Gasteiger partial charge in [0.15, 0.2) is 0 Å². The number of thiophene rings is 1. The molecule has 1 heterocycles. The summed E-state index contributed by atoms with van der Waals surface area (Å²) in [6, 6.07) is 9.00. The van der Waals surface area contributed by atoms with Crippen LogP contribution >= 0.6 is 11.3 Å². The van der Waals surface area contributed by atoms with Crippen LogP contribution in [-0.4, -0.2) is 0 Å². The van der Waals surface area contributed by atoms with Crippen molar-refractivity contribution in [3.8, 4) is 10.4 Å². The Labute approximate surface area is 98.7 Å². The average molecular weight is 235 g/mol. The molecule has 0 aliphatic carbocycles. The molecule has 0 saturated heterocycles. The normalized spacial score (nSPS) is 10.7. The van der Waals surface area contributed by atoms with Crippen LogP contribution in [-0.2, 0) is 13.0 Å². The minimum absolute atomic E-state index is 0.225. The summed E-state index contributed by atoms with van der Waals surface area (Å²) < 4.78 is 13.1. The molecule has 0 radical (unpaired) electrons. The van der Waals surface area contributed by atoms with E-state index in [1.165, 1.54) is 17.0 Å². The summed E-state index contributed by atoms with van der Waals surface area (Å²) in [7, 11) is 0. The zero-order valence-electron chi connectivity index (χ0n) is 9.16. The number of halogens is 1. The first-order valence-corrected chi connectivity index (χ1v) is 6.13. The van der Waals surface area contributed by atoms with Gasteiger partial charge in [0, 0.05) is 16.3 Å². The first-order chi connectivity index (χ1) is 7.74. The Morgan fingerprint density at radius 1 is 1.25 bits per heavy atom. The van der Waals surface area contributed by atoms with Gasteiger partial charge >= 0.3 is 0 Å². The van der Waals surface area contributed by atoms with E-state index in [-0.39, 0.29) is 5.82 Å². The highest BCUT2D eigenvalue weighted by atomic mass is 32.1. The lowest BCUT2D eigenvalue weighted by atomic mass is 10.1. The van der Waals surface area contributed by atoms with E-state index in [1.807, 2.05) is 6.07 Å². The maximum absolute atomic E-state index is 13.1. The highest BCUT2D eigenvalue weighted by molar-refractivity contribution is 7.15. The third-order valence-electron chi connectivity index (χ3n) is 2.56. The van der Waals surface area contributed by atoms with Crippen LogP contribution in [0.2, 0.25) is 0 Å². The zero-order valence-corrected chi connectivity index (χ0v) is 9.98. The monoisotopic (exact) mass is 235 g/mol. The predicted octanol–water partition coefficient (Wildman–Crippen LogP) is 3.58. The van der Waals surface area contributed by atoms with Crippen LogP contribution in [0, 0.1) is 5.82 Å². The first-order valence-electron chi connectivity index (χ1n) is 5.32. The van der Waals surface area contributed by atoms with Crippen molar-refractivity contribution in [1.82, 2.24) is 0 Å². The van der Waals surface area contributed by atoms with Crippen molar-refractivity contribution in [2.75, 3.05) is 0 Å². The Bertz CT molecular complexity index is 490. The third kappa shape index (κ3) is 2.15. The van der Waals surface area contributed by atoms with Crippen LogP contribution in [0.25, 0.3) is 10.4 Å². The van der Waals surface area contributed by atoms with E-state index < -0.39 is 0 Å². The molecule has 0 unspecified atom stereocenters. The van der Waals surface area contributed by atoms with Crippen LogP contribution in [0.3, 0.4) is 0 Å². The first kappa shape index (κ1) is 11.3. The molecular formula is C13H14FNS. The summed E-state index contributed by atoms with van der Waals surface area (Å²) in [6.07, 6.45) is 1.03. The Morgan fingerprint density at radius 2 is 2.06 bits per heavy atom. The lowest BCUT2D eigenvalue weighted by Gasteiger charge is -2.05. The lowest BCUT2D eigenvalue weighted by molar-refractivity contribution is 0.626. The largest absolute Gasteiger partial charge is 0.326 e. The molecule has 2 rings (SSSR count). The molecule has 16 heavy (non-hydrogen) atoms. The van der Waals surface area contributed by atoms with Crippen molar-refractivity contribution in [2.24, 2.45) is 5.73 Å². The summed E-state index contributed by atoms with van der Waals surface area (Å²) in [4.78, 5) is 2.50. The molecule has 0 atom stereocenters. The minimum atomic E-state index is -0.225. The summed E-state index contributed by atoms with van der Waals surface area (Å²) in [5.41, 5.74) is 7.55. The second kappa shape index (κ2) is 4.76. The van der Waals surface area contributed by atoms with E-state index in [0.29, 0.717) is 6.54 Å². The van der Waals surface area contributed by atoms with Gasteiger partial charge in [0.2, 0.25) is 0 Å². The van der Waals surface area contributed by atoms with E-state index in [0.717, 1.165) is 22.4 Å². The molecule has 0 aliphatic rings. The number of rotatable bonds is 3. The van der Waals surface area contributed by atoms with E-state index >= 15 is 0 Å². The molecule has 0 aliphatic heterocycles. The second-order valence-electron chi connectivity index (χ2n) is 3.63. The van der Waals surface area contributed by atoms with Gasteiger partial charge in [-0.1, -0.05) is 13.0 Å². The lowest BCUT2D eigenvalue weighted by Crippen LogP contribution is -1.99. The predicted molar refractivity (Wildman–Crippen MR) is 67.0 cm³/mol. The van der Waals surface area contributed by atoms with Crippen molar-refractivity contribution in [3.05, 3.63) is 46.6 Å². The fourth-order valence-corrected chi connectivity index (χ4v) is 2.69. The molecule has 1 aromatic carbocycles. The Kier molecular flexibility index (Phi) is 3.36. The van der Waals surface area contributed by atoms with Gasteiger partial charge in [0.1, 0.15) is 5.82 Å².